The molecule has 0 aliphatic rings. The molecule has 0 saturated heterocycles. The minimum atomic E-state index is -0.834. The van der Waals surface area contributed by atoms with Crippen LogP contribution in [0.15, 0.2) is 30.3 Å². The van der Waals surface area contributed by atoms with Crippen LogP contribution in [0.25, 0.3) is 0 Å². The van der Waals surface area contributed by atoms with E-state index < -0.39 is 11.6 Å². The Morgan fingerprint density at radius 3 is 2.15 bits per heavy atom. The van der Waals surface area contributed by atoms with E-state index in [0.717, 1.165) is 11.6 Å². The van der Waals surface area contributed by atoms with Crippen molar-refractivity contribution in [2.24, 2.45) is 0 Å². The van der Waals surface area contributed by atoms with Crippen LogP contribution >= 0.6 is 0 Å². The normalized spacial score (nSPS) is 12.3. The zero-order valence-electron chi connectivity index (χ0n) is 12.2. The van der Waals surface area contributed by atoms with Gasteiger partial charge in [0.15, 0.2) is 11.6 Å². The largest absolute Gasteiger partial charge is 0.378 e. The summed E-state index contributed by atoms with van der Waals surface area (Å²) in [7, 11) is 0. The third-order valence-electron chi connectivity index (χ3n) is 3.65. The number of benzene rings is 2. The van der Waals surface area contributed by atoms with Gasteiger partial charge in [-0.3, -0.25) is 0 Å². The summed E-state index contributed by atoms with van der Waals surface area (Å²) in [5, 5.41) is 3.21. The minimum Gasteiger partial charge on any atom is -0.378 e. The molecule has 0 fully saturated rings. The summed E-state index contributed by atoms with van der Waals surface area (Å²) in [5.74, 6) is -1.66. The molecule has 0 aliphatic heterocycles. The highest BCUT2D eigenvalue weighted by Gasteiger charge is 2.11. The van der Waals surface area contributed by atoms with Crippen molar-refractivity contribution in [2.45, 2.75) is 33.7 Å². The summed E-state index contributed by atoms with van der Waals surface area (Å²) in [4.78, 5) is 0. The first-order valence-corrected chi connectivity index (χ1v) is 6.68. The van der Waals surface area contributed by atoms with Crippen molar-refractivity contribution in [2.75, 3.05) is 5.32 Å². The van der Waals surface area contributed by atoms with Crippen molar-refractivity contribution in [3.63, 3.8) is 0 Å². The first-order valence-electron chi connectivity index (χ1n) is 6.68. The molecule has 0 aliphatic carbocycles. The van der Waals surface area contributed by atoms with Crippen molar-refractivity contribution in [3.8, 4) is 0 Å². The topological polar surface area (TPSA) is 12.0 Å². The summed E-state index contributed by atoms with van der Waals surface area (Å²) < 4.78 is 26.1. The molecule has 0 radical (unpaired) electrons. The second-order valence-corrected chi connectivity index (χ2v) is 5.29. The lowest BCUT2D eigenvalue weighted by atomic mass is 9.96. The number of anilines is 1. The maximum Gasteiger partial charge on any atom is 0.160 e. The highest BCUT2D eigenvalue weighted by molar-refractivity contribution is 5.48. The molecule has 0 heterocycles. The summed E-state index contributed by atoms with van der Waals surface area (Å²) in [6, 6.07) is 8.18. The highest BCUT2D eigenvalue weighted by atomic mass is 19.2. The Kier molecular flexibility index (Phi) is 4.07. The molecular formula is C17H19F2N. The molecule has 106 valence electrons. The van der Waals surface area contributed by atoms with Gasteiger partial charge in [0.1, 0.15) is 0 Å². The number of halogens is 2. The van der Waals surface area contributed by atoms with Crippen LogP contribution in [0.2, 0.25) is 0 Å². The van der Waals surface area contributed by atoms with Crippen LogP contribution in [-0.2, 0) is 0 Å². The van der Waals surface area contributed by atoms with Gasteiger partial charge in [-0.1, -0.05) is 12.1 Å². The van der Waals surface area contributed by atoms with Gasteiger partial charge in [-0.15, -0.1) is 0 Å². The Balaban J connectivity index is 2.25. The number of rotatable bonds is 3. The fourth-order valence-electron chi connectivity index (χ4n) is 2.36. The molecule has 1 nitrogen and oxygen atoms in total. The zero-order valence-corrected chi connectivity index (χ0v) is 12.2. The van der Waals surface area contributed by atoms with Gasteiger partial charge in [0.2, 0.25) is 0 Å². The molecule has 2 aromatic carbocycles. The van der Waals surface area contributed by atoms with E-state index in [2.05, 4.69) is 38.2 Å². The molecule has 1 unspecified atom stereocenters. The molecule has 2 aromatic rings. The number of aryl methyl sites for hydroxylation is 3. The molecule has 1 N–H and O–H groups in total. The molecule has 3 heteroatoms. The quantitative estimate of drug-likeness (QED) is 0.825. The fraction of sp³-hybridized carbons (Fsp3) is 0.294. The Hall–Kier alpha value is -1.90. The van der Waals surface area contributed by atoms with Gasteiger partial charge >= 0.3 is 0 Å². The van der Waals surface area contributed by atoms with Crippen LogP contribution in [0.3, 0.4) is 0 Å². The van der Waals surface area contributed by atoms with E-state index in [4.69, 9.17) is 0 Å². The van der Waals surface area contributed by atoms with Gasteiger partial charge in [-0.05, 0) is 62.1 Å². The van der Waals surface area contributed by atoms with Crippen molar-refractivity contribution >= 4 is 5.69 Å². The van der Waals surface area contributed by atoms with Gasteiger partial charge in [-0.2, -0.15) is 0 Å². The maximum atomic E-state index is 13.2. The lowest BCUT2D eigenvalue weighted by Crippen LogP contribution is -2.09. The number of hydrogen-bond donors (Lipinski definition) is 1. The smallest absolute Gasteiger partial charge is 0.160 e. The van der Waals surface area contributed by atoms with Crippen molar-refractivity contribution in [1.29, 1.82) is 0 Å². The molecule has 1 atom stereocenters. The summed E-state index contributed by atoms with van der Waals surface area (Å²) in [6.45, 7) is 8.23. The third kappa shape index (κ3) is 2.98. The Labute approximate surface area is 118 Å². The standard InChI is InChI=1S/C17H19F2N/c1-10-7-12(3)15(8-11(10)2)13(4)20-14-5-6-16(18)17(19)9-14/h5-9,13,20H,1-4H3. The lowest BCUT2D eigenvalue weighted by molar-refractivity contribution is 0.509. The SMILES string of the molecule is Cc1cc(C)c(C(C)Nc2ccc(F)c(F)c2)cc1C. The van der Waals surface area contributed by atoms with Crippen LogP contribution < -0.4 is 5.32 Å². The second kappa shape index (κ2) is 5.61. The van der Waals surface area contributed by atoms with E-state index in [0.29, 0.717) is 5.69 Å². The van der Waals surface area contributed by atoms with Crippen molar-refractivity contribution in [3.05, 3.63) is 64.2 Å². The van der Waals surface area contributed by atoms with Crippen LogP contribution in [0.5, 0.6) is 0 Å². The molecule has 2 rings (SSSR count). The highest BCUT2D eigenvalue weighted by Crippen LogP contribution is 2.25. The Morgan fingerprint density at radius 1 is 0.850 bits per heavy atom. The van der Waals surface area contributed by atoms with Crippen LogP contribution in [0, 0.1) is 32.4 Å². The lowest BCUT2D eigenvalue weighted by Gasteiger charge is -2.19. The second-order valence-electron chi connectivity index (χ2n) is 5.29. The van der Waals surface area contributed by atoms with Gasteiger partial charge in [0.25, 0.3) is 0 Å². The predicted molar refractivity (Wildman–Crippen MR) is 79.0 cm³/mol. The van der Waals surface area contributed by atoms with Crippen molar-refractivity contribution in [1.82, 2.24) is 0 Å². The fourth-order valence-corrected chi connectivity index (χ4v) is 2.36. The van der Waals surface area contributed by atoms with E-state index in [1.54, 1.807) is 6.07 Å². The average molecular weight is 275 g/mol. The summed E-state index contributed by atoms with van der Waals surface area (Å²) in [6.07, 6.45) is 0. The maximum absolute atomic E-state index is 13.2. The van der Waals surface area contributed by atoms with Crippen molar-refractivity contribution < 1.29 is 8.78 Å². The van der Waals surface area contributed by atoms with E-state index >= 15 is 0 Å². The average Bonchev–Trinajstić information content (AvgIpc) is 2.38. The zero-order chi connectivity index (χ0) is 14.9. The Bertz CT molecular complexity index is 635. The van der Waals surface area contributed by atoms with E-state index in [1.165, 1.54) is 22.8 Å². The monoisotopic (exact) mass is 275 g/mol. The summed E-state index contributed by atoms with van der Waals surface area (Å²) >= 11 is 0. The minimum absolute atomic E-state index is 0.0270. The van der Waals surface area contributed by atoms with E-state index in [1.807, 2.05) is 6.92 Å². The van der Waals surface area contributed by atoms with Crippen LogP contribution in [0.4, 0.5) is 14.5 Å². The van der Waals surface area contributed by atoms with E-state index in [-0.39, 0.29) is 6.04 Å². The summed E-state index contributed by atoms with van der Waals surface area (Å²) in [5.41, 5.74) is 5.42. The van der Waals surface area contributed by atoms with Gasteiger partial charge < -0.3 is 5.32 Å². The molecule has 0 aromatic heterocycles. The molecule has 0 bridgehead atoms. The van der Waals surface area contributed by atoms with Gasteiger partial charge in [0, 0.05) is 17.8 Å². The molecule has 0 saturated carbocycles. The van der Waals surface area contributed by atoms with Crippen LogP contribution in [-0.4, -0.2) is 0 Å². The number of nitrogens with one attached hydrogen (secondary N) is 1. The first-order chi connectivity index (χ1) is 9.38. The molecule has 0 amide bonds. The predicted octanol–water partition coefficient (Wildman–Crippen LogP) is 5.06. The van der Waals surface area contributed by atoms with Gasteiger partial charge in [-0.25, -0.2) is 8.78 Å². The third-order valence-corrected chi connectivity index (χ3v) is 3.65. The molecule has 20 heavy (non-hydrogen) atoms. The first kappa shape index (κ1) is 14.5. The molecular weight excluding hydrogens is 256 g/mol. The van der Waals surface area contributed by atoms with Gasteiger partial charge in [0.05, 0.1) is 0 Å². The van der Waals surface area contributed by atoms with Crippen LogP contribution in [0.1, 0.15) is 35.2 Å². The number of hydrogen-bond acceptors (Lipinski definition) is 1. The van der Waals surface area contributed by atoms with E-state index in [9.17, 15) is 8.78 Å². The Morgan fingerprint density at radius 2 is 1.50 bits per heavy atom. The molecule has 0 spiro atoms.